The summed E-state index contributed by atoms with van der Waals surface area (Å²) in [6.45, 7) is 1.86. The number of hydrogen-bond donors (Lipinski definition) is 1. The first kappa shape index (κ1) is 11.5. The van der Waals surface area contributed by atoms with E-state index in [9.17, 15) is 9.18 Å². The molecule has 0 atom stereocenters. The van der Waals surface area contributed by atoms with Crippen molar-refractivity contribution in [1.82, 2.24) is 5.32 Å². The number of rotatable bonds is 4. The van der Waals surface area contributed by atoms with Gasteiger partial charge in [0.15, 0.2) is 11.6 Å². The fourth-order valence-electron chi connectivity index (χ4n) is 1.28. The average molecular weight is 211 g/mol. The van der Waals surface area contributed by atoms with Gasteiger partial charge in [0.25, 0.3) is 0 Å². The molecule has 4 heteroatoms. The molecule has 3 nitrogen and oxygen atoms in total. The largest absolute Gasteiger partial charge is 0.494 e. The molecule has 1 N–H and O–H groups in total. The second kappa shape index (κ2) is 5.34. The van der Waals surface area contributed by atoms with E-state index in [-0.39, 0.29) is 17.5 Å². The Labute approximate surface area is 88.2 Å². The molecule has 0 spiro atoms. The van der Waals surface area contributed by atoms with Crippen molar-refractivity contribution in [3.8, 4) is 5.75 Å². The molecule has 1 rings (SSSR count). The highest BCUT2D eigenvalue weighted by Gasteiger charge is 2.07. The van der Waals surface area contributed by atoms with Crippen molar-refractivity contribution in [2.75, 3.05) is 13.7 Å². The van der Waals surface area contributed by atoms with Crippen molar-refractivity contribution in [2.45, 2.75) is 13.3 Å². The first-order chi connectivity index (χ1) is 7.15. The third-order valence-electron chi connectivity index (χ3n) is 2.03. The second-order valence-corrected chi connectivity index (χ2v) is 3.17. The maximum atomic E-state index is 13.6. The van der Waals surface area contributed by atoms with Gasteiger partial charge in [0, 0.05) is 13.5 Å². The van der Waals surface area contributed by atoms with Gasteiger partial charge in [-0.2, -0.15) is 0 Å². The Hall–Kier alpha value is -1.58. The van der Waals surface area contributed by atoms with Gasteiger partial charge in [-0.25, -0.2) is 4.39 Å². The van der Waals surface area contributed by atoms with Crippen LogP contribution in [0.25, 0.3) is 0 Å². The first-order valence-electron chi connectivity index (χ1n) is 4.71. The van der Waals surface area contributed by atoms with E-state index in [0.29, 0.717) is 18.5 Å². The van der Waals surface area contributed by atoms with Crippen LogP contribution in [-0.2, 0) is 11.2 Å². The summed E-state index contributed by atoms with van der Waals surface area (Å²) in [5, 5.41) is 2.61. The van der Waals surface area contributed by atoms with E-state index in [1.165, 1.54) is 14.0 Å². The van der Waals surface area contributed by atoms with E-state index >= 15 is 0 Å². The van der Waals surface area contributed by atoms with Crippen LogP contribution in [0.4, 0.5) is 4.39 Å². The minimum absolute atomic E-state index is 0.113. The van der Waals surface area contributed by atoms with E-state index < -0.39 is 0 Å². The Morgan fingerprint density at radius 2 is 2.27 bits per heavy atom. The molecule has 1 aromatic rings. The van der Waals surface area contributed by atoms with Crippen molar-refractivity contribution in [2.24, 2.45) is 0 Å². The molecular formula is C11H14FNO2. The van der Waals surface area contributed by atoms with Gasteiger partial charge in [-0.1, -0.05) is 12.1 Å². The third kappa shape index (κ3) is 3.23. The van der Waals surface area contributed by atoms with E-state index in [0.717, 1.165) is 0 Å². The number of halogens is 1. The number of hydrogen-bond acceptors (Lipinski definition) is 2. The van der Waals surface area contributed by atoms with Crippen molar-refractivity contribution < 1.29 is 13.9 Å². The highest BCUT2D eigenvalue weighted by atomic mass is 19.1. The summed E-state index contributed by atoms with van der Waals surface area (Å²) in [6, 6.07) is 4.97. The highest BCUT2D eigenvalue weighted by Crippen LogP contribution is 2.19. The summed E-state index contributed by atoms with van der Waals surface area (Å²) < 4.78 is 18.4. The van der Waals surface area contributed by atoms with Crippen LogP contribution < -0.4 is 10.1 Å². The maximum absolute atomic E-state index is 13.6. The highest BCUT2D eigenvalue weighted by molar-refractivity contribution is 5.72. The Bertz CT molecular complexity index is 352. The van der Waals surface area contributed by atoms with Crippen molar-refractivity contribution in [1.29, 1.82) is 0 Å². The lowest BCUT2D eigenvalue weighted by atomic mass is 10.1. The van der Waals surface area contributed by atoms with Gasteiger partial charge in [0.1, 0.15) is 0 Å². The molecule has 0 saturated heterocycles. The molecular weight excluding hydrogens is 197 g/mol. The number of ether oxygens (including phenoxy) is 1. The van der Waals surface area contributed by atoms with Crippen LogP contribution in [0.15, 0.2) is 18.2 Å². The zero-order valence-corrected chi connectivity index (χ0v) is 8.84. The predicted octanol–water partition coefficient (Wildman–Crippen LogP) is 1.51. The SMILES string of the molecule is COc1cccc(CCNC(C)=O)c1F. The van der Waals surface area contributed by atoms with Crippen LogP contribution in [0, 0.1) is 5.82 Å². The van der Waals surface area contributed by atoms with Gasteiger partial charge in [-0.15, -0.1) is 0 Å². The molecule has 0 aliphatic heterocycles. The zero-order valence-electron chi connectivity index (χ0n) is 8.84. The number of carbonyl (C=O) groups is 1. The van der Waals surface area contributed by atoms with Gasteiger partial charge in [0.2, 0.25) is 5.91 Å². The lowest BCUT2D eigenvalue weighted by molar-refractivity contribution is -0.118. The summed E-state index contributed by atoms with van der Waals surface area (Å²) in [6.07, 6.45) is 0.461. The summed E-state index contributed by atoms with van der Waals surface area (Å²) >= 11 is 0. The average Bonchev–Trinajstić information content (AvgIpc) is 2.20. The van der Waals surface area contributed by atoms with Gasteiger partial charge in [-0.05, 0) is 18.1 Å². The number of amides is 1. The molecule has 0 aliphatic rings. The Kier molecular flexibility index (Phi) is 4.09. The van der Waals surface area contributed by atoms with Gasteiger partial charge < -0.3 is 10.1 Å². The summed E-state index contributed by atoms with van der Waals surface area (Å²) in [4.78, 5) is 10.6. The quantitative estimate of drug-likeness (QED) is 0.819. The molecule has 0 aliphatic carbocycles. The van der Waals surface area contributed by atoms with E-state index in [4.69, 9.17) is 4.74 Å². The summed E-state index contributed by atoms with van der Waals surface area (Å²) in [7, 11) is 1.43. The van der Waals surface area contributed by atoms with Crippen LogP contribution >= 0.6 is 0 Å². The first-order valence-corrected chi connectivity index (χ1v) is 4.71. The van der Waals surface area contributed by atoms with Crippen LogP contribution in [0.1, 0.15) is 12.5 Å². The van der Waals surface area contributed by atoms with E-state index in [2.05, 4.69) is 5.32 Å². The molecule has 82 valence electrons. The minimum Gasteiger partial charge on any atom is -0.494 e. The molecule has 15 heavy (non-hydrogen) atoms. The third-order valence-corrected chi connectivity index (χ3v) is 2.03. The molecule has 0 saturated carbocycles. The number of methoxy groups -OCH3 is 1. The van der Waals surface area contributed by atoms with Gasteiger partial charge >= 0.3 is 0 Å². The lowest BCUT2D eigenvalue weighted by Crippen LogP contribution is -2.22. The van der Waals surface area contributed by atoms with Crippen LogP contribution in [0.5, 0.6) is 5.75 Å². The molecule has 0 unspecified atom stereocenters. The second-order valence-electron chi connectivity index (χ2n) is 3.17. The molecule has 1 aromatic carbocycles. The Balaban J connectivity index is 2.64. The fourth-order valence-corrected chi connectivity index (χ4v) is 1.28. The summed E-state index contributed by atoms with van der Waals surface area (Å²) in [5.74, 6) is -0.237. The molecule has 0 radical (unpaired) electrons. The minimum atomic E-state index is -0.356. The smallest absolute Gasteiger partial charge is 0.216 e. The van der Waals surface area contributed by atoms with Crippen molar-refractivity contribution in [3.05, 3.63) is 29.6 Å². The monoisotopic (exact) mass is 211 g/mol. The normalized spacial score (nSPS) is 9.80. The van der Waals surface area contributed by atoms with Gasteiger partial charge in [0.05, 0.1) is 7.11 Å². The lowest BCUT2D eigenvalue weighted by Gasteiger charge is -2.07. The number of nitrogens with one attached hydrogen (secondary N) is 1. The van der Waals surface area contributed by atoms with Crippen LogP contribution in [0.3, 0.4) is 0 Å². The molecule has 0 bridgehead atoms. The van der Waals surface area contributed by atoms with Crippen LogP contribution in [0.2, 0.25) is 0 Å². The standard InChI is InChI=1S/C11H14FNO2/c1-8(14)13-7-6-9-4-3-5-10(15-2)11(9)12/h3-5H,6-7H2,1-2H3,(H,13,14). The van der Waals surface area contributed by atoms with Crippen LogP contribution in [-0.4, -0.2) is 19.6 Å². The van der Waals surface area contributed by atoms with E-state index in [1.54, 1.807) is 18.2 Å². The molecule has 0 fully saturated rings. The molecule has 0 aromatic heterocycles. The molecule has 0 heterocycles. The maximum Gasteiger partial charge on any atom is 0.216 e. The summed E-state index contributed by atoms with van der Waals surface area (Å²) in [5.41, 5.74) is 0.545. The zero-order chi connectivity index (χ0) is 11.3. The van der Waals surface area contributed by atoms with Crippen molar-refractivity contribution >= 4 is 5.91 Å². The Morgan fingerprint density at radius 3 is 2.87 bits per heavy atom. The molecule has 1 amide bonds. The van der Waals surface area contributed by atoms with Gasteiger partial charge in [-0.3, -0.25) is 4.79 Å². The fraction of sp³-hybridized carbons (Fsp3) is 0.364. The topological polar surface area (TPSA) is 38.3 Å². The Morgan fingerprint density at radius 1 is 1.53 bits per heavy atom. The number of benzene rings is 1. The van der Waals surface area contributed by atoms with E-state index in [1.807, 2.05) is 0 Å². The predicted molar refractivity (Wildman–Crippen MR) is 55.3 cm³/mol. The number of carbonyl (C=O) groups excluding carboxylic acids is 1. The van der Waals surface area contributed by atoms with Crippen molar-refractivity contribution in [3.63, 3.8) is 0 Å².